The summed E-state index contributed by atoms with van der Waals surface area (Å²) in [6.45, 7) is 7.37. The predicted molar refractivity (Wildman–Crippen MR) is 52.2 cm³/mol. The smallest absolute Gasteiger partial charge is 0.129 e. The van der Waals surface area contributed by atoms with Gasteiger partial charge in [0, 0.05) is 18.3 Å². The second kappa shape index (κ2) is 3.69. The Morgan fingerprint density at radius 3 is 2.23 bits per heavy atom. The zero-order valence-corrected chi connectivity index (χ0v) is 8.68. The van der Waals surface area contributed by atoms with Crippen LogP contribution in [-0.2, 0) is 4.74 Å². The first kappa shape index (κ1) is 10.6. The quantitative estimate of drug-likeness (QED) is 0.576. The predicted octanol–water partition coefficient (Wildman–Crippen LogP) is 1.58. The van der Waals surface area contributed by atoms with Crippen LogP contribution in [0.25, 0.3) is 0 Å². The van der Waals surface area contributed by atoms with Crippen LogP contribution in [0.15, 0.2) is 0 Å². The van der Waals surface area contributed by atoms with Crippen LogP contribution in [0, 0.1) is 17.3 Å². The van der Waals surface area contributed by atoms with E-state index in [1.165, 1.54) is 0 Å². The van der Waals surface area contributed by atoms with Gasteiger partial charge in [-0.2, -0.15) is 0 Å². The van der Waals surface area contributed by atoms with Crippen molar-refractivity contribution in [2.45, 2.75) is 39.2 Å². The van der Waals surface area contributed by atoms with Crippen LogP contribution in [0.4, 0.5) is 0 Å². The van der Waals surface area contributed by atoms with Crippen LogP contribution in [-0.4, -0.2) is 23.9 Å². The molecule has 2 nitrogen and oxygen atoms in total. The molecule has 1 aliphatic rings. The molecule has 0 amide bonds. The number of aliphatic hydroxyl groups is 1. The second-order valence-corrected chi connectivity index (χ2v) is 4.64. The van der Waals surface area contributed by atoms with Crippen molar-refractivity contribution in [1.82, 2.24) is 0 Å². The Kier molecular flexibility index (Phi) is 3.00. The van der Waals surface area contributed by atoms with Crippen LogP contribution in [0.3, 0.4) is 0 Å². The number of hydrogen-bond donors (Lipinski definition) is 1. The Balaban J connectivity index is 2.63. The van der Waals surface area contributed by atoms with Gasteiger partial charge >= 0.3 is 0 Å². The van der Waals surface area contributed by atoms with Crippen molar-refractivity contribution in [1.29, 1.82) is 0 Å². The minimum absolute atomic E-state index is 0.0337. The average molecular weight is 182 g/mol. The molecule has 1 heterocycles. The highest BCUT2D eigenvalue weighted by atomic mass is 16.5. The average Bonchev–Trinajstić information content (AvgIpc) is 2.02. The van der Waals surface area contributed by atoms with Gasteiger partial charge in [0.1, 0.15) is 5.60 Å². The highest BCUT2D eigenvalue weighted by Gasteiger charge is 2.27. The van der Waals surface area contributed by atoms with Crippen molar-refractivity contribution in [3.63, 3.8) is 0 Å². The zero-order chi connectivity index (χ0) is 9.95. The van der Waals surface area contributed by atoms with E-state index in [-0.39, 0.29) is 5.41 Å². The fourth-order valence-corrected chi connectivity index (χ4v) is 1.14. The molecular weight excluding hydrogens is 164 g/mol. The Morgan fingerprint density at radius 2 is 1.77 bits per heavy atom. The molecule has 0 spiro atoms. The van der Waals surface area contributed by atoms with Crippen molar-refractivity contribution >= 4 is 0 Å². The molecule has 74 valence electrons. The summed E-state index contributed by atoms with van der Waals surface area (Å²) >= 11 is 0. The Bertz CT molecular complexity index is 221. The third kappa shape index (κ3) is 3.80. The molecule has 0 aromatic heterocycles. The van der Waals surface area contributed by atoms with Crippen LogP contribution in [0.2, 0.25) is 0 Å². The molecule has 1 fully saturated rings. The van der Waals surface area contributed by atoms with Gasteiger partial charge in [-0.25, -0.2) is 0 Å². The summed E-state index contributed by atoms with van der Waals surface area (Å²) in [6.07, 6.45) is 1.27. The van der Waals surface area contributed by atoms with Crippen molar-refractivity contribution in [2.75, 3.05) is 13.2 Å². The Labute approximate surface area is 80.3 Å². The van der Waals surface area contributed by atoms with E-state index >= 15 is 0 Å². The lowest BCUT2D eigenvalue weighted by atomic mass is 9.91. The first-order chi connectivity index (χ1) is 5.91. The van der Waals surface area contributed by atoms with Gasteiger partial charge in [0.15, 0.2) is 0 Å². The van der Waals surface area contributed by atoms with Crippen molar-refractivity contribution in [2.24, 2.45) is 5.41 Å². The monoisotopic (exact) mass is 182 g/mol. The van der Waals surface area contributed by atoms with Gasteiger partial charge in [-0.05, 0) is 20.8 Å². The summed E-state index contributed by atoms with van der Waals surface area (Å²) in [5, 5.41) is 9.98. The molecule has 1 aliphatic heterocycles. The molecule has 0 aromatic rings. The molecule has 1 rings (SSSR count). The first-order valence-electron chi connectivity index (χ1n) is 4.76. The number of ether oxygens (including phenoxy) is 1. The molecular formula is C11H18O2. The molecule has 0 atom stereocenters. The highest BCUT2D eigenvalue weighted by molar-refractivity contribution is 5.18. The Hall–Kier alpha value is -0.520. The standard InChI is InChI=1S/C11H18O2/c1-10(2,3)4-5-11(12)6-8-13-9-7-11/h12H,6-9H2,1-3H3. The van der Waals surface area contributed by atoms with Crippen molar-refractivity contribution < 1.29 is 9.84 Å². The van der Waals surface area contributed by atoms with E-state index in [0.29, 0.717) is 26.1 Å². The number of rotatable bonds is 0. The summed E-state index contributed by atoms with van der Waals surface area (Å²) in [7, 11) is 0. The first-order valence-corrected chi connectivity index (χ1v) is 4.76. The van der Waals surface area contributed by atoms with Gasteiger partial charge in [0.05, 0.1) is 13.2 Å². The summed E-state index contributed by atoms with van der Waals surface area (Å²) < 4.78 is 5.17. The molecule has 0 radical (unpaired) electrons. The van der Waals surface area contributed by atoms with E-state index in [0.717, 1.165) is 0 Å². The van der Waals surface area contributed by atoms with Crippen molar-refractivity contribution in [3.05, 3.63) is 0 Å². The SMILES string of the molecule is CC(C)(C)C#CC1(O)CCOCC1. The minimum Gasteiger partial charge on any atom is -0.381 e. The maximum atomic E-state index is 9.98. The molecule has 0 aliphatic carbocycles. The molecule has 2 heteroatoms. The van der Waals surface area contributed by atoms with Crippen LogP contribution < -0.4 is 0 Å². The van der Waals surface area contributed by atoms with Gasteiger partial charge in [-0.1, -0.05) is 11.8 Å². The third-order valence-corrected chi connectivity index (χ3v) is 1.99. The highest BCUT2D eigenvalue weighted by Crippen LogP contribution is 2.20. The summed E-state index contributed by atoms with van der Waals surface area (Å²) in [4.78, 5) is 0. The zero-order valence-electron chi connectivity index (χ0n) is 8.68. The van der Waals surface area contributed by atoms with E-state index in [1.54, 1.807) is 0 Å². The molecule has 1 saturated heterocycles. The molecule has 0 bridgehead atoms. The fourth-order valence-electron chi connectivity index (χ4n) is 1.14. The second-order valence-electron chi connectivity index (χ2n) is 4.64. The molecule has 0 saturated carbocycles. The van der Waals surface area contributed by atoms with E-state index in [2.05, 4.69) is 11.8 Å². The van der Waals surface area contributed by atoms with Gasteiger partial charge in [-0.3, -0.25) is 0 Å². The fraction of sp³-hybridized carbons (Fsp3) is 0.818. The maximum Gasteiger partial charge on any atom is 0.129 e. The molecule has 1 N–H and O–H groups in total. The summed E-state index contributed by atoms with van der Waals surface area (Å²) in [6, 6.07) is 0. The lowest BCUT2D eigenvalue weighted by Crippen LogP contribution is -2.34. The van der Waals surface area contributed by atoms with E-state index in [4.69, 9.17) is 4.74 Å². The van der Waals surface area contributed by atoms with Crippen LogP contribution >= 0.6 is 0 Å². The van der Waals surface area contributed by atoms with Gasteiger partial charge < -0.3 is 9.84 Å². The maximum absolute atomic E-state index is 9.98. The van der Waals surface area contributed by atoms with Gasteiger partial charge in [-0.15, -0.1) is 0 Å². The van der Waals surface area contributed by atoms with E-state index in [1.807, 2.05) is 20.8 Å². The number of hydrogen-bond acceptors (Lipinski definition) is 2. The van der Waals surface area contributed by atoms with Crippen LogP contribution in [0.1, 0.15) is 33.6 Å². The summed E-state index contributed by atoms with van der Waals surface area (Å²) in [5.41, 5.74) is -0.834. The minimum atomic E-state index is -0.800. The van der Waals surface area contributed by atoms with Gasteiger partial charge in [0.25, 0.3) is 0 Å². The largest absolute Gasteiger partial charge is 0.381 e. The van der Waals surface area contributed by atoms with E-state index < -0.39 is 5.60 Å². The lowest BCUT2D eigenvalue weighted by molar-refractivity contribution is -0.0263. The topological polar surface area (TPSA) is 29.5 Å². The van der Waals surface area contributed by atoms with Crippen molar-refractivity contribution in [3.8, 4) is 11.8 Å². The van der Waals surface area contributed by atoms with E-state index in [9.17, 15) is 5.11 Å². The molecule has 0 aromatic carbocycles. The van der Waals surface area contributed by atoms with Gasteiger partial charge in [0.2, 0.25) is 0 Å². The third-order valence-electron chi connectivity index (χ3n) is 1.99. The lowest BCUT2D eigenvalue weighted by Gasteiger charge is -2.27. The van der Waals surface area contributed by atoms with Crippen LogP contribution in [0.5, 0.6) is 0 Å². The molecule has 0 unspecified atom stereocenters. The Morgan fingerprint density at radius 1 is 1.23 bits per heavy atom. The normalized spacial score (nSPS) is 21.8. The molecule has 13 heavy (non-hydrogen) atoms. The summed E-state index contributed by atoms with van der Waals surface area (Å²) in [5.74, 6) is 6.04.